The highest BCUT2D eigenvalue weighted by Crippen LogP contribution is 2.14. The molecule has 2 aromatic heterocycles. The molecule has 3 aromatic rings. The lowest BCUT2D eigenvalue weighted by Gasteiger charge is -2.09. The Morgan fingerprint density at radius 2 is 2.00 bits per heavy atom. The minimum atomic E-state index is -0.0888. The number of fused-ring (bicyclic) bond motifs is 1. The first-order valence-corrected chi connectivity index (χ1v) is 9.58. The summed E-state index contributed by atoms with van der Waals surface area (Å²) < 4.78 is 2.11. The third-order valence-corrected chi connectivity index (χ3v) is 4.84. The highest BCUT2D eigenvalue weighted by atomic mass is 32.1. The van der Waals surface area contributed by atoms with Gasteiger partial charge in [-0.3, -0.25) is 9.59 Å². The zero-order valence-corrected chi connectivity index (χ0v) is 15.5. The van der Waals surface area contributed by atoms with Gasteiger partial charge in [0.15, 0.2) is 0 Å². The Morgan fingerprint density at radius 3 is 2.81 bits per heavy atom. The Hall–Kier alpha value is -2.67. The molecule has 0 atom stereocenters. The molecule has 0 spiro atoms. The van der Waals surface area contributed by atoms with Crippen LogP contribution in [0.5, 0.6) is 0 Å². The van der Waals surface area contributed by atoms with Crippen LogP contribution in [0.1, 0.15) is 29.0 Å². The van der Waals surface area contributed by atoms with Crippen molar-refractivity contribution in [2.75, 3.05) is 13.1 Å². The van der Waals surface area contributed by atoms with E-state index in [1.807, 2.05) is 41.9 Å². The van der Waals surface area contributed by atoms with Gasteiger partial charge in [0.05, 0.1) is 11.0 Å². The molecule has 0 saturated carbocycles. The second-order valence-electron chi connectivity index (χ2n) is 6.02. The van der Waals surface area contributed by atoms with Crippen molar-refractivity contribution in [1.82, 2.24) is 20.2 Å². The summed E-state index contributed by atoms with van der Waals surface area (Å²) in [6.45, 7) is 3.71. The summed E-state index contributed by atoms with van der Waals surface area (Å²) in [4.78, 5) is 28.2. The summed E-state index contributed by atoms with van der Waals surface area (Å²) in [5.74, 6) is 0.850. The number of nitrogens with one attached hydrogen (secondary N) is 2. The molecule has 0 fully saturated rings. The van der Waals surface area contributed by atoms with Crippen LogP contribution in [0.25, 0.3) is 11.0 Å². The predicted molar refractivity (Wildman–Crippen MR) is 103 cm³/mol. The fourth-order valence-corrected chi connectivity index (χ4v) is 3.46. The fourth-order valence-electron chi connectivity index (χ4n) is 2.82. The number of hydrogen-bond acceptors (Lipinski definition) is 4. The SMILES string of the molecule is Cc1nc2ccccc2n1CCNC(=O)CCCNC(=O)c1ccsc1. The molecular weight excluding hydrogens is 348 g/mol. The van der Waals surface area contributed by atoms with E-state index < -0.39 is 0 Å². The molecule has 26 heavy (non-hydrogen) atoms. The molecule has 1 aromatic carbocycles. The van der Waals surface area contributed by atoms with Gasteiger partial charge in [0.1, 0.15) is 5.82 Å². The molecule has 0 aliphatic heterocycles. The molecule has 0 unspecified atom stereocenters. The van der Waals surface area contributed by atoms with Crippen LogP contribution in [0.4, 0.5) is 0 Å². The van der Waals surface area contributed by atoms with E-state index in [1.165, 1.54) is 11.3 Å². The molecule has 0 aliphatic carbocycles. The molecule has 0 saturated heterocycles. The van der Waals surface area contributed by atoms with E-state index in [9.17, 15) is 9.59 Å². The van der Waals surface area contributed by atoms with Gasteiger partial charge in [-0.15, -0.1) is 0 Å². The smallest absolute Gasteiger partial charge is 0.252 e. The Kier molecular flexibility index (Phi) is 6.01. The number of nitrogens with zero attached hydrogens (tertiary/aromatic N) is 2. The summed E-state index contributed by atoms with van der Waals surface area (Å²) in [5.41, 5.74) is 2.72. The van der Waals surface area contributed by atoms with E-state index in [0.717, 1.165) is 16.9 Å². The lowest BCUT2D eigenvalue weighted by Crippen LogP contribution is -2.29. The van der Waals surface area contributed by atoms with Crippen LogP contribution in [-0.4, -0.2) is 34.5 Å². The lowest BCUT2D eigenvalue weighted by molar-refractivity contribution is -0.121. The van der Waals surface area contributed by atoms with Crippen molar-refractivity contribution in [2.24, 2.45) is 0 Å². The molecule has 2 N–H and O–H groups in total. The summed E-state index contributed by atoms with van der Waals surface area (Å²) in [6.07, 6.45) is 1.02. The number of benzene rings is 1. The molecule has 0 bridgehead atoms. The molecule has 2 amide bonds. The molecule has 7 heteroatoms. The summed E-state index contributed by atoms with van der Waals surface area (Å²) in [7, 11) is 0. The molecular formula is C19H22N4O2S. The number of imidazole rings is 1. The van der Waals surface area contributed by atoms with E-state index in [0.29, 0.717) is 38.0 Å². The summed E-state index contributed by atoms with van der Waals surface area (Å²) >= 11 is 1.49. The Balaban J connectivity index is 1.36. The van der Waals surface area contributed by atoms with Crippen LogP contribution < -0.4 is 10.6 Å². The standard InChI is InChI=1S/C19H22N4O2S/c1-14-22-16-5-2-3-6-17(16)23(14)11-10-20-18(24)7-4-9-21-19(25)15-8-12-26-13-15/h2-3,5-6,8,12-13H,4,7,9-11H2,1H3,(H,20,24)(H,21,25). The van der Waals surface area contributed by atoms with Gasteiger partial charge in [-0.05, 0) is 36.9 Å². The number of aromatic nitrogens is 2. The van der Waals surface area contributed by atoms with Crippen LogP contribution in [-0.2, 0) is 11.3 Å². The van der Waals surface area contributed by atoms with Crippen LogP contribution in [0.2, 0.25) is 0 Å². The maximum atomic E-state index is 11.9. The third kappa shape index (κ3) is 4.49. The number of thiophene rings is 1. The van der Waals surface area contributed by atoms with Gasteiger partial charge in [-0.25, -0.2) is 4.98 Å². The maximum absolute atomic E-state index is 11.9. The number of hydrogen-bond donors (Lipinski definition) is 2. The number of rotatable bonds is 8. The van der Waals surface area contributed by atoms with Crippen molar-refractivity contribution in [3.8, 4) is 0 Å². The van der Waals surface area contributed by atoms with E-state index in [2.05, 4.69) is 20.2 Å². The van der Waals surface area contributed by atoms with E-state index in [-0.39, 0.29) is 11.8 Å². The molecule has 6 nitrogen and oxygen atoms in total. The second kappa shape index (κ2) is 8.62. The first-order valence-electron chi connectivity index (χ1n) is 8.64. The Morgan fingerprint density at radius 1 is 1.15 bits per heavy atom. The van der Waals surface area contributed by atoms with Gasteiger partial charge >= 0.3 is 0 Å². The summed E-state index contributed by atoms with van der Waals surface area (Å²) in [6, 6.07) is 9.77. The van der Waals surface area contributed by atoms with Gasteiger partial charge < -0.3 is 15.2 Å². The number of carbonyl (C=O) groups excluding carboxylic acids is 2. The largest absolute Gasteiger partial charge is 0.354 e. The molecule has 2 heterocycles. The highest BCUT2D eigenvalue weighted by molar-refractivity contribution is 7.08. The zero-order chi connectivity index (χ0) is 18.4. The van der Waals surface area contributed by atoms with Gasteiger partial charge in [-0.2, -0.15) is 11.3 Å². The fraction of sp³-hybridized carbons (Fsp3) is 0.316. The summed E-state index contributed by atoms with van der Waals surface area (Å²) in [5, 5.41) is 9.43. The Labute approximate surface area is 156 Å². The lowest BCUT2D eigenvalue weighted by atomic mass is 10.2. The van der Waals surface area contributed by atoms with Gasteiger partial charge in [0.25, 0.3) is 5.91 Å². The molecule has 136 valence electrons. The maximum Gasteiger partial charge on any atom is 0.252 e. The zero-order valence-electron chi connectivity index (χ0n) is 14.7. The van der Waals surface area contributed by atoms with Crippen molar-refractivity contribution >= 4 is 34.2 Å². The van der Waals surface area contributed by atoms with Gasteiger partial charge in [-0.1, -0.05) is 12.1 Å². The highest BCUT2D eigenvalue weighted by Gasteiger charge is 2.08. The van der Waals surface area contributed by atoms with Crippen LogP contribution >= 0.6 is 11.3 Å². The van der Waals surface area contributed by atoms with Crippen LogP contribution in [0.15, 0.2) is 41.1 Å². The van der Waals surface area contributed by atoms with E-state index >= 15 is 0 Å². The normalized spacial score (nSPS) is 10.8. The van der Waals surface area contributed by atoms with Crippen LogP contribution in [0.3, 0.4) is 0 Å². The molecule has 3 rings (SSSR count). The van der Waals surface area contributed by atoms with Crippen molar-refractivity contribution < 1.29 is 9.59 Å². The van der Waals surface area contributed by atoms with E-state index in [4.69, 9.17) is 0 Å². The van der Waals surface area contributed by atoms with Gasteiger partial charge in [0, 0.05) is 37.0 Å². The first-order chi connectivity index (χ1) is 12.6. The van der Waals surface area contributed by atoms with Crippen molar-refractivity contribution in [2.45, 2.75) is 26.3 Å². The minimum absolute atomic E-state index is 0.00291. The number of carbonyl (C=O) groups is 2. The second-order valence-corrected chi connectivity index (χ2v) is 6.80. The Bertz CT molecular complexity index is 886. The predicted octanol–water partition coefficient (Wildman–Crippen LogP) is 2.73. The van der Waals surface area contributed by atoms with Crippen molar-refractivity contribution in [3.63, 3.8) is 0 Å². The average Bonchev–Trinajstić information content (AvgIpc) is 3.27. The topological polar surface area (TPSA) is 76.0 Å². The molecule has 0 radical (unpaired) electrons. The van der Waals surface area contributed by atoms with E-state index in [1.54, 1.807) is 6.07 Å². The monoisotopic (exact) mass is 370 g/mol. The number of para-hydroxylation sites is 2. The quantitative estimate of drug-likeness (QED) is 0.599. The number of amides is 2. The first kappa shape index (κ1) is 18.1. The third-order valence-electron chi connectivity index (χ3n) is 4.15. The van der Waals surface area contributed by atoms with Crippen molar-refractivity contribution in [3.05, 3.63) is 52.5 Å². The molecule has 0 aliphatic rings. The average molecular weight is 370 g/mol. The minimum Gasteiger partial charge on any atom is -0.354 e. The van der Waals surface area contributed by atoms with Crippen molar-refractivity contribution in [1.29, 1.82) is 0 Å². The van der Waals surface area contributed by atoms with Gasteiger partial charge in [0.2, 0.25) is 5.91 Å². The number of aryl methyl sites for hydroxylation is 1. The van der Waals surface area contributed by atoms with Crippen LogP contribution in [0, 0.1) is 6.92 Å².